The second-order valence-electron chi connectivity index (χ2n) is 5.65. The van der Waals surface area contributed by atoms with E-state index in [1.54, 1.807) is 24.3 Å². The van der Waals surface area contributed by atoms with E-state index in [-0.39, 0.29) is 32.1 Å². The minimum absolute atomic E-state index is 0.0569. The van der Waals surface area contributed by atoms with Crippen LogP contribution in [0.15, 0.2) is 30.3 Å². The van der Waals surface area contributed by atoms with Crippen LogP contribution in [-0.4, -0.2) is 45.2 Å². The first-order valence-electron chi connectivity index (χ1n) is 7.80. The summed E-state index contributed by atoms with van der Waals surface area (Å²) in [5.41, 5.74) is 0.833. The quantitative estimate of drug-likeness (QED) is 0.468. The van der Waals surface area contributed by atoms with Crippen molar-refractivity contribution >= 4 is 23.8 Å². The van der Waals surface area contributed by atoms with Gasteiger partial charge in [0.2, 0.25) is 5.91 Å². The molecule has 1 amide bonds. The van der Waals surface area contributed by atoms with Crippen LogP contribution in [-0.2, 0) is 25.6 Å². The maximum absolute atomic E-state index is 11.9. The van der Waals surface area contributed by atoms with Crippen LogP contribution in [0.25, 0.3) is 0 Å². The predicted octanol–water partition coefficient (Wildman–Crippen LogP) is 1.14. The predicted molar refractivity (Wildman–Crippen MR) is 86.9 cm³/mol. The zero-order chi connectivity index (χ0) is 18.8. The lowest BCUT2D eigenvalue weighted by molar-refractivity contribution is -0.144. The molecule has 0 aromatic heterocycles. The summed E-state index contributed by atoms with van der Waals surface area (Å²) in [6.45, 7) is 0. The molecule has 0 saturated carbocycles. The number of carboxylic acid groups (broad SMARTS) is 3. The highest BCUT2D eigenvalue weighted by Gasteiger charge is 2.23. The molecule has 25 heavy (non-hydrogen) atoms. The molecule has 0 fully saturated rings. The highest BCUT2D eigenvalue weighted by molar-refractivity contribution is 5.84. The Morgan fingerprint density at radius 3 is 2.04 bits per heavy atom. The van der Waals surface area contributed by atoms with Crippen molar-refractivity contribution in [2.75, 3.05) is 0 Å². The molecule has 8 heteroatoms. The molecule has 1 rings (SSSR count). The van der Waals surface area contributed by atoms with E-state index >= 15 is 0 Å². The molecule has 0 unspecified atom stereocenters. The Balaban J connectivity index is 2.54. The summed E-state index contributed by atoms with van der Waals surface area (Å²) in [6, 6.07) is 7.68. The van der Waals surface area contributed by atoms with Crippen LogP contribution in [0.2, 0.25) is 0 Å². The molecule has 1 aromatic rings. The van der Waals surface area contributed by atoms with E-state index in [2.05, 4.69) is 5.32 Å². The molecule has 0 bridgehead atoms. The third-order valence-corrected chi connectivity index (χ3v) is 3.67. The summed E-state index contributed by atoms with van der Waals surface area (Å²) in [6.07, 6.45) is -0.446. The number of carbonyl (C=O) groups is 4. The molecule has 4 N–H and O–H groups in total. The average molecular weight is 351 g/mol. The van der Waals surface area contributed by atoms with Gasteiger partial charge in [-0.3, -0.25) is 14.4 Å². The summed E-state index contributed by atoms with van der Waals surface area (Å²) < 4.78 is 0. The van der Waals surface area contributed by atoms with Crippen molar-refractivity contribution in [2.45, 2.75) is 38.1 Å². The summed E-state index contributed by atoms with van der Waals surface area (Å²) in [7, 11) is 0. The van der Waals surface area contributed by atoms with Gasteiger partial charge in [0.05, 0.1) is 5.92 Å². The van der Waals surface area contributed by atoms with Gasteiger partial charge in [-0.2, -0.15) is 0 Å². The number of carbonyl (C=O) groups excluding carboxylic acids is 1. The van der Waals surface area contributed by atoms with Crippen LogP contribution < -0.4 is 5.32 Å². The van der Waals surface area contributed by atoms with Gasteiger partial charge < -0.3 is 20.6 Å². The zero-order valence-corrected chi connectivity index (χ0v) is 13.6. The molecule has 0 saturated heterocycles. The van der Waals surface area contributed by atoms with Crippen molar-refractivity contribution in [1.82, 2.24) is 5.32 Å². The van der Waals surface area contributed by atoms with Gasteiger partial charge in [0, 0.05) is 12.8 Å². The molecule has 2 atom stereocenters. The lowest BCUT2D eigenvalue weighted by Crippen LogP contribution is -2.41. The molecule has 0 aliphatic rings. The number of amides is 1. The number of nitrogens with one attached hydrogen (secondary N) is 1. The van der Waals surface area contributed by atoms with Crippen molar-refractivity contribution in [1.29, 1.82) is 0 Å². The number of hydrogen-bond donors (Lipinski definition) is 4. The standard InChI is InChI=1S/C17H21NO7/c19-14(18-13(17(24)25)7-9-15(20)21)8-6-12(16(22)23)10-11-4-2-1-3-5-11/h1-5,12-13H,6-10H2,(H,18,19)(H,20,21)(H,22,23)(H,24,25)/t12-,13+/m0/s1. The Hall–Kier alpha value is -2.90. The van der Waals surface area contributed by atoms with Crippen LogP contribution in [0.1, 0.15) is 31.2 Å². The van der Waals surface area contributed by atoms with Crippen LogP contribution >= 0.6 is 0 Å². The van der Waals surface area contributed by atoms with E-state index in [1.807, 2.05) is 6.07 Å². The first kappa shape index (κ1) is 20.1. The Bertz CT molecular complexity index is 615. The van der Waals surface area contributed by atoms with Crippen molar-refractivity contribution in [3.8, 4) is 0 Å². The van der Waals surface area contributed by atoms with Crippen molar-refractivity contribution < 1.29 is 34.5 Å². The van der Waals surface area contributed by atoms with Crippen LogP contribution in [0.5, 0.6) is 0 Å². The van der Waals surface area contributed by atoms with Gasteiger partial charge >= 0.3 is 17.9 Å². The topological polar surface area (TPSA) is 141 Å². The molecule has 0 heterocycles. The SMILES string of the molecule is O=C(O)CC[C@@H](NC(=O)CC[C@@H](Cc1ccccc1)C(=O)O)C(=O)O. The number of carboxylic acids is 3. The summed E-state index contributed by atoms with van der Waals surface area (Å²) in [4.78, 5) is 44.7. The van der Waals surface area contributed by atoms with Gasteiger partial charge in [-0.1, -0.05) is 30.3 Å². The third-order valence-electron chi connectivity index (χ3n) is 3.67. The van der Waals surface area contributed by atoms with Gasteiger partial charge in [-0.25, -0.2) is 4.79 Å². The average Bonchev–Trinajstić information content (AvgIpc) is 2.55. The first-order valence-corrected chi connectivity index (χ1v) is 7.80. The summed E-state index contributed by atoms with van der Waals surface area (Å²) >= 11 is 0. The third kappa shape index (κ3) is 7.96. The lowest BCUT2D eigenvalue weighted by Gasteiger charge is -2.15. The van der Waals surface area contributed by atoms with Gasteiger partial charge in [0.15, 0.2) is 0 Å². The van der Waals surface area contributed by atoms with E-state index in [4.69, 9.17) is 10.2 Å². The Morgan fingerprint density at radius 2 is 1.52 bits per heavy atom. The minimum atomic E-state index is -1.33. The highest BCUT2D eigenvalue weighted by Crippen LogP contribution is 2.15. The maximum Gasteiger partial charge on any atom is 0.326 e. The second kappa shape index (κ2) is 10.1. The Labute approximate surface area is 144 Å². The van der Waals surface area contributed by atoms with Gasteiger partial charge in [-0.15, -0.1) is 0 Å². The van der Waals surface area contributed by atoms with Gasteiger partial charge in [-0.05, 0) is 24.8 Å². The number of hydrogen-bond acceptors (Lipinski definition) is 4. The second-order valence-corrected chi connectivity index (χ2v) is 5.65. The highest BCUT2D eigenvalue weighted by atomic mass is 16.4. The molecule has 0 spiro atoms. The van der Waals surface area contributed by atoms with Gasteiger partial charge in [0.25, 0.3) is 0 Å². The Morgan fingerprint density at radius 1 is 0.880 bits per heavy atom. The van der Waals surface area contributed by atoms with Crippen LogP contribution in [0.4, 0.5) is 0 Å². The summed E-state index contributed by atoms with van der Waals surface area (Å²) in [5, 5.41) is 29.1. The normalized spacial score (nSPS) is 12.8. The minimum Gasteiger partial charge on any atom is -0.481 e. The fourth-order valence-corrected chi connectivity index (χ4v) is 2.31. The molecular weight excluding hydrogens is 330 g/mol. The fourth-order valence-electron chi connectivity index (χ4n) is 2.31. The smallest absolute Gasteiger partial charge is 0.326 e. The fraction of sp³-hybridized carbons (Fsp3) is 0.412. The molecule has 8 nitrogen and oxygen atoms in total. The van der Waals surface area contributed by atoms with E-state index in [0.717, 1.165) is 5.56 Å². The van der Waals surface area contributed by atoms with Crippen molar-refractivity contribution in [3.05, 3.63) is 35.9 Å². The summed E-state index contributed by atoms with van der Waals surface area (Å²) in [5.74, 6) is -4.90. The van der Waals surface area contributed by atoms with Crippen LogP contribution in [0, 0.1) is 5.92 Å². The van der Waals surface area contributed by atoms with E-state index in [9.17, 15) is 24.3 Å². The number of aliphatic carboxylic acids is 3. The van der Waals surface area contributed by atoms with Crippen molar-refractivity contribution in [3.63, 3.8) is 0 Å². The molecule has 136 valence electrons. The van der Waals surface area contributed by atoms with Crippen LogP contribution in [0.3, 0.4) is 0 Å². The lowest BCUT2D eigenvalue weighted by atomic mass is 9.94. The number of rotatable bonds is 11. The molecular formula is C17H21NO7. The van der Waals surface area contributed by atoms with E-state index in [1.165, 1.54) is 0 Å². The van der Waals surface area contributed by atoms with Crippen molar-refractivity contribution in [2.24, 2.45) is 5.92 Å². The molecule has 0 radical (unpaired) electrons. The van der Waals surface area contributed by atoms with E-state index < -0.39 is 35.8 Å². The molecule has 1 aromatic carbocycles. The number of benzene rings is 1. The molecule has 0 aliphatic carbocycles. The Kier molecular flexibility index (Phi) is 8.11. The zero-order valence-electron chi connectivity index (χ0n) is 13.6. The molecule has 0 aliphatic heterocycles. The van der Waals surface area contributed by atoms with E-state index in [0.29, 0.717) is 0 Å². The van der Waals surface area contributed by atoms with Gasteiger partial charge in [0.1, 0.15) is 6.04 Å². The monoisotopic (exact) mass is 351 g/mol. The maximum atomic E-state index is 11.9. The largest absolute Gasteiger partial charge is 0.481 e. The first-order chi connectivity index (χ1) is 11.8.